The van der Waals surface area contributed by atoms with Gasteiger partial charge in [-0.15, -0.1) is 11.8 Å². The molecule has 0 radical (unpaired) electrons. The van der Waals surface area contributed by atoms with Crippen LogP contribution in [0.15, 0.2) is 53.4 Å². The van der Waals surface area contributed by atoms with E-state index in [0.717, 1.165) is 22.6 Å². The van der Waals surface area contributed by atoms with Gasteiger partial charge in [-0.3, -0.25) is 20.4 Å². The molecule has 0 saturated heterocycles. The average Bonchev–Trinajstić information content (AvgIpc) is 2.64. The number of hydrogen-bond acceptors (Lipinski definition) is 3. The molecule has 0 bridgehead atoms. The second-order valence-corrected chi connectivity index (χ2v) is 8.84. The largest absolute Gasteiger partial charge is 0.273 e. The summed E-state index contributed by atoms with van der Waals surface area (Å²) in [4.78, 5) is 25.1. The van der Waals surface area contributed by atoms with E-state index in [1.54, 1.807) is 23.9 Å². The summed E-state index contributed by atoms with van der Waals surface area (Å²) in [5, 5.41) is 0.711. The second kappa shape index (κ2) is 9.81. The monoisotopic (exact) mass is 404 g/mol. The van der Waals surface area contributed by atoms with Crippen molar-refractivity contribution in [2.75, 3.05) is 5.75 Å². The summed E-state index contributed by atoms with van der Waals surface area (Å²) in [6.07, 6.45) is 1.07. The Hall–Kier alpha value is -1.98. The number of amides is 2. The fourth-order valence-corrected chi connectivity index (χ4v) is 3.32. The van der Waals surface area contributed by atoms with Crippen LogP contribution in [-0.2, 0) is 10.2 Å². The van der Waals surface area contributed by atoms with Crippen molar-refractivity contribution in [1.29, 1.82) is 0 Å². The highest BCUT2D eigenvalue weighted by Crippen LogP contribution is 2.22. The molecular weight excluding hydrogens is 380 g/mol. The van der Waals surface area contributed by atoms with Crippen molar-refractivity contribution in [3.8, 4) is 0 Å². The predicted octanol–water partition coefficient (Wildman–Crippen LogP) is 4.97. The van der Waals surface area contributed by atoms with Gasteiger partial charge in [-0.25, -0.2) is 0 Å². The summed E-state index contributed by atoms with van der Waals surface area (Å²) in [6.45, 7) is 6.36. The number of hydrogen-bond donors (Lipinski definition) is 2. The minimum Gasteiger partial charge on any atom is -0.273 e. The van der Waals surface area contributed by atoms with Gasteiger partial charge in [-0.1, -0.05) is 44.5 Å². The average molecular weight is 405 g/mol. The summed E-state index contributed by atoms with van der Waals surface area (Å²) in [6, 6.07) is 15.0. The molecule has 0 aromatic heterocycles. The molecule has 4 nitrogen and oxygen atoms in total. The smallest absolute Gasteiger partial charge is 0.269 e. The molecule has 0 aliphatic heterocycles. The van der Waals surface area contributed by atoms with Crippen molar-refractivity contribution in [1.82, 2.24) is 10.9 Å². The van der Waals surface area contributed by atoms with Gasteiger partial charge in [0.15, 0.2) is 0 Å². The number of hydrazine groups is 1. The summed E-state index contributed by atoms with van der Waals surface area (Å²) in [5.41, 5.74) is 6.63. The number of halogens is 1. The maximum absolute atomic E-state index is 12.1. The Kier molecular flexibility index (Phi) is 7.75. The van der Waals surface area contributed by atoms with Crippen molar-refractivity contribution in [3.05, 3.63) is 64.7 Å². The zero-order valence-electron chi connectivity index (χ0n) is 15.8. The summed E-state index contributed by atoms with van der Waals surface area (Å²) in [7, 11) is 0. The molecule has 0 aliphatic carbocycles. The lowest BCUT2D eigenvalue weighted by Gasteiger charge is -2.19. The van der Waals surface area contributed by atoms with Gasteiger partial charge < -0.3 is 0 Å². The Morgan fingerprint density at radius 2 is 1.59 bits per heavy atom. The van der Waals surface area contributed by atoms with Crippen molar-refractivity contribution in [2.45, 2.75) is 43.9 Å². The van der Waals surface area contributed by atoms with Crippen LogP contribution in [-0.4, -0.2) is 17.6 Å². The lowest BCUT2D eigenvalue weighted by atomic mass is 9.87. The molecule has 2 aromatic rings. The fraction of sp³-hybridized carbons (Fsp3) is 0.333. The van der Waals surface area contributed by atoms with Crippen molar-refractivity contribution < 1.29 is 9.59 Å². The molecule has 0 unspecified atom stereocenters. The molecule has 0 aliphatic rings. The van der Waals surface area contributed by atoms with Crippen LogP contribution >= 0.6 is 23.4 Å². The van der Waals surface area contributed by atoms with Crippen molar-refractivity contribution in [2.24, 2.45) is 0 Å². The first-order valence-electron chi connectivity index (χ1n) is 8.84. The zero-order valence-corrected chi connectivity index (χ0v) is 17.4. The fourth-order valence-electron chi connectivity index (χ4n) is 2.34. The first-order chi connectivity index (χ1) is 12.8. The first-order valence-corrected chi connectivity index (χ1v) is 10.2. The van der Waals surface area contributed by atoms with Gasteiger partial charge in [-0.2, -0.15) is 0 Å². The Labute approximate surface area is 170 Å². The van der Waals surface area contributed by atoms with Crippen LogP contribution in [0.4, 0.5) is 0 Å². The molecule has 27 heavy (non-hydrogen) atoms. The van der Waals surface area contributed by atoms with E-state index in [1.165, 1.54) is 0 Å². The molecule has 144 valence electrons. The number of carbonyl (C=O) groups excluding carboxylic acids is 2. The highest BCUT2D eigenvalue weighted by atomic mass is 35.5. The standard InChI is InChI=1S/C21H25ClN2O2S/c1-21(2,3)16-8-6-15(7-9-16)20(26)24-23-19(25)5-4-14-27-18-12-10-17(22)11-13-18/h6-13H,4-5,14H2,1-3H3,(H,23,25)(H,24,26). The Morgan fingerprint density at radius 3 is 2.19 bits per heavy atom. The van der Waals surface area contributed by atoms with Crippen LogP contribution in [0, 0.1) is 0 Å². The lowest BCUT2D eigenvalue weighted by Crippen LogP contribution is -2.41. The molecule has 0 fully saturated rings. The van der Waals surface area contributed by atoms with E-state index in [1.807, 2.05) is 36.4 Å². The number of benzene rings is 2. The van der Waals surface area contributed by atoms with E-state index in [2.05, 4.69) is 31.6 Å². The molecule has 0 spiro atoms. The van der Waals surface area contributed by atoms with Gasteiger partial charge in [0.2, 0.25) is 5.91 Å². The van der Waals surface area contributed by atoms with E-state index in [9.17, 15) is 9.59 Å². The van der Waals surface area contributed by atoms with E-state index >= 15 is 0 Å². The molecular formula is C21H25ClN2O2S. The number of rotatable bonds is 6. The van der Waals surface area contributed by atoms with E-state index in [4.69, 9.17) is 11.6 Å². The van der Waals surface area contributed by atoms with E-state index in [-0.39, 0.29) is 17.2 Å². The molecule has 2 amide bonds. The summed E-state index contributed by atoms with van der Waals surface area (Å²) in [5.74, 6) is 0.294. The van der Waals surface area contributed by atoms with Gasteiger partial charge in [0, 0.05) is 21.9 Å². The van der Waals surface area contributed by atoms with Crippen LogP contribution in [0.1, 0.15) is 49.5 Å². The van der Waals surface area contributed by atoms with Gasteiger partial charge in [0.05, 0.1) is 0 Å². The van der Waals surface area contributed by atoms with Crippen LogP contribution in [0.25, 0.3) is 0 Å². The number of carbonyl (C=O) groups is 2. The molecule has 2 aromatic carbocycles. The van der Waals surface area contributed by atoms with Crippen LogP contribution < -0.4 is 10.9 Å². The molecule has 0 atom stereocenters. The third-order valence-corrected chi connectivity index (χ3v) is 5.31. The third kappa shape index (κ3) is 7.27. The van der Waals surface area contributed by atoms with Crippen molar-refractivity contribution >= 4 is 35.2 Å². The first kappa shape index (κ1) is 21.3. The Balaban J connectivity index is 1.68. The number of thioether (sulfide) groups is 1. The highest BCUT2D eigenvalue weighted by molar-refractivity contribution is 7.99. The molecule has 6 heteroatoms. The second-order valence-electron chi connectivity index (χ2n) is 7.24. The van der Waals surface area contributed by atoms with Gasteiger partial charge >= 0.3 is 0 Å². The van der Waals surface area contributed by atoms with Gasteiger partial charge in [-0.05, 0) is 59.6 Å². The molecule has 0 saturated carbocycles. The minimum absolute atomic E-state index is 0.0350. The van der Waals surface area contributed by atoms with E-state index in [0.29, 0.717) is 17.0 Å². The SMILES string of the molecule is CC(C)(C)c1ccc(C(=O)NNC(=O)CCCSc2ccc(Cl)cc2)cc1. The minimum atomic E-state index is -0.320. The molecule has 2 N–H and O–H groups in total. The third-order valence-electron chi connectivity index (χ3n) is 3.96. The molecule has 2 rings (SSSR count). The highest BCUT2D eigenvalue weighted by Gasteiger charge is 2.14. The Bertz CT molecular complexity index is 768. The Morgan fingerprint density at radius 1 is 0.963 bits per heavy atom. The lowest BCUT2D eigenvalue weighted by molar-refractivity contribution is -0.121. The molecule has 0 heterocycles. The van der Waals surface area contributed by atoms with Crippen LogP contribution in [0.3, 0.4) is 0 Å². The normalized spacial score (nSPS) is 11.1. The summed E-state index contributed by atoms with van der Waals surface area (Å²) < 4.78 is 0. The van der Waals surface area contributed by atoms with Gasteiger partial charge in [0.1, 0.15) is 0 Å². The van der Waals surface area contributed by atoms with Crippen LogP contribution in [0.2, 0.25) is 5.02 Å². The van der Waals surface area contributed by atoms with E-state index < -0.39 is 0 Å². The number of nitrogens with one attached hydrogen (secondary N) is 2. The van der Waals surface area contributed by atoms with Crippen LogP contribution in [0.5, 0.6) is 0 Å². The topological polar surface area (TPSA) is 58.2 Å². The summed E-state index contributed by atoms with van der Waals surface area (Å²) >= 11 is 7.52. The van der Waals surface area contributed by atoms with Crippen molar-refractivity contribution in [3.63, 3.8) is 0 Å². The predicted molar refractivity (Wildman–Crippen MR) is 112 cm³/mol. The quantitative estimate of drug-likeness (QED) is 0.406. The maximum atomic E-state index is 12.1. The maximum Gasteiger partial charge on any atom is 0.269 e. The van der Waals surface area contributed by atoms with Gasteiger partial charge in [0.25, 0.3) is 5.91 Å². The zero-order chi connectivity index (χ0) is 19.9.